The van der Waals surface area contributed by atoms with Gasteiger partial charge in [0.25, 0.3) is 0 Å². The minimum atomic E-state index is 0.116. The van der Waals surface area contributed by atoms with Crippen molar-refractivity contribution in [2.24, 2.45) is 0 Å². The zero-order valence-corrected chi connectivity index (χ0v) is 14.0. The highest BCUT2D eigenvalue weighted by Crippen LogP contribution is 2.15. The second kappa shape index (κ2) is 7.57. The second-order valence-corrected chi connectivity index (χ2v) is 6.79. The number of aromatic nitrogens is 1. The fourth-order valence-electron chi connectivity index (χ4n) is 2.83. The lowest BCUT2D eigenvalue weighted by Gasteiger charge is -2.16. The van der Waals surface area contributed by atoms with Gasteiger partial charge in [0.2, 0.25) is 11.8 Å². The standard InChI is InChI=1S/C17H21N3O2S/c1-22-17-5-4-13(10-18-17)11-20-7-6-14(12-20)19-16(21)9-15-3-2-8-23-15/h2-5,8,10,14H,6-7,9,11-12H2,1H3,(H,19,21)/t14-/m0/s1. The number of nitrogens with zero attached hydrogens (tertiary/aromatic N) is 2. The first-order chi connectivity index (χ1) is 11.2. The van der Waals surface area contributed by atoms with Gasteiger partial charge in [-0.3, -0.25) is 9.69 Å². The highest BCUT2D eigenvalue weighted by atomic mass is 32.1. The van der Waals surface area contributed by atoms with E-state index in [1.807, 2.05) is 35.8 Å². The van der Waals surface area contributed by atoms with Gasteiger partial charge in [-0.2, -0.15) is 0 Å². The van der Waals surface area contributed by atoms with Gasteiger partial charge in [-0.05, 0) is 23.4 Å². The first-order valence-corrected chi connectivity index (χ1v) is 8.64. The van der Waals surface area contributed by atoms with E-state index in [-0.39, 0.29) is 11.9 Å². The molecule has 0 radical (unpaired) electrons. The molecule has 5 nitrogen and oxygen atoms in total. The quantitative estimate of drug-likeness (QED) is 0.881. The number of methoxy groups -OCH3 is 1. The molecule has 0 aliphatic carbocycles. The van der Waals surface area contributed by atoms with Crippen molar-refractivity contribution in [2.75, 3.05) is 20.2 Å². The Hall–Kier alpha value is -1.92. The van der Waals surface area contributed by atoms with Gasteiger partial charge < -0.3 is 10.1 Å². The second-order valence-electron chi connectivity index (χ2n) is 5.75. The van der Waals surface area contributed by atoms with Gasteiger partial charge in [-0.25, -0.2) is 4.98 Å². The minimum absolute atomic E-state index is 0.116. The largest absolute Gasteiger partial charge is 0.481 e. The summed E-state index contributed by atoms with van der Waals surface area (Å²) in [5.74, 6) is 0.749. The zero-order valence-electron chi connectivity index (χ0n) is 13.2. The molecule has 3 heterocycles. The van der Waals surface area contributed by atoms with Crippen molar-refractivity contribution in [2.45, 2.75) is 25.4 Å². The molecule has 1 aliphatic heterocycles. The van der Waals surface area contributed by atoms with Crippen molar-refractivity contribution in [3.8, 4) is 5.88 Å². The van der Waals surface area contributed by atoms with Crippen LogP contribution >= 0.6 is 11.3 Å². The Morgan fingerprint density at radius 1 is 1.48 bits per heavy atom. The SMILES string of the molecule is COc1ccc(CN2CC[C@H](NC(=O)Cc3cccs3)C2)cn1. The van der Waals surface area contributed by atoms with E-state index in [0.717, 1.165) is 36.5 Å². The topological polar surface area (TPSA) is 54.5 Å². The van der Waals surface area contributed by atoms with E-state index < -0.39 is 0 Å². The molecular weight excluding hydrogens is 310 g/mol. The van der Waals surface area contributed by atoms with E-state index in [0.29, 0.717) is 12.3 Å². The molecule has 1 fully saturated rings. The number of rotatable bonds is 6. The molecule has 6 heteroatoms. The van der Waals surface area contributed by atoms with Gasteiger partial charge in [0.05, 0.1) is 13.5 Å². The van der Waals surface area contributed by atoms with Crippen LogP contribution in [0.2, 0.25) is 0 Å². The lowest BCUT2D eigenvalue weighted by molar-refractivity contribution is -0.121. The van der Waals surface area contributed by atoms with E-state index >= 15 is 0 Å². The average molecular weight is 331 g/mol. The molecule has 0 aromatic carbocycles. The number of carbonyl (C=O) groups excluding carboxylic acids is 1. The summed E-state index contributed by atoms with van der Waals surface area (Å²) in [5.41, 5.74) is 1.16. The van der Waals surface area contributed by atoms with Crippen molar-refractivity contribution < 1.29 is 9.53 Å². The number of carbonyl (C=O) groups is 1. The van der Waals surface area contributed by atoms with Gasteiger partial charge in [-0.15, -0.1) is 11.3 Å². The van der Waals surface area contributed by atoms with Crippen molar-refractivity contribution in [1.29, 1.82) is 0 Å². The van der Waals surface area contributed by atoms with Gasteiger partial charge in [0.1, 0.15) is 0 Å². The third-order valence-corrected chi connectivity index (χ3v) is 4.84. The Labute approximate surface area is 140 Å². The van der Waals surface area contributed by atoms with Crippen LogP contribution in [0.15, 0.2) is 35.8 Å². The molecule has 1 N–H and O–H groups in total. The van der Waals surface area contributed by atoms with Crippen LogP contribution in [0.5, 0.6) is 5.88 Å². The van der Waals surface area contributed by atoms with E-state index in [4.69, 9.17) is 4.74 Å². The first-order valence-electron chi connectivity index (χ1n) is 7.76. The number of hydrogen-bond acceptors (Lipinski definition) is 5. The first kappa shape index (κ1) is 16.0. The van der Waals surface area contributed by atoms with Crippen molar-refractivity contribution >= 4 is 17.2 Å². The Morgan fingerprint density at radius 3 is 3.09 bits per heavy atom. The predicted octanol–water partition coefficient (Wildman–Crippen LogP) is 2.08. The molecule has 1 atom stereocenters. The number of hydrogen-bond donors (Lipinski definition) is 1. The van der Waals surface area contributed by atoms with Crippen molar-refractivity contribution in [3.63, 3.8) is 0 Å². The van der Waals surface area contributed by atoms with Crippen LogP contribution < -0.4 is 10.1 Å². The van der Waals surface area contributed by atoms with Crippen LogP contribution in [0.1, 0.15) is 16.9 Å². The van der Waals surface area contributed by atoms with Crippen LogP contribution in [-0.2, 0) is 17.8 Å². The molecule has 1 aliphatic rings. The molecule has 0 saturated carbocycles. The van der Waals surface area contributed by atoms with Crippen molar-refractivity contribution in [3.05, 3.63) is 46.3 Å². The minimum Gasteiger partial charge on any atom is -0.481 e. The highest BCUT2D eigenvalue weighted by molar-refractivity contribution is 7.10. The molecule has 0 spiro atoms. The maximum atomic E-state index is 12.1. The fourth-order valence-corrected chi connectivity index (χ4v) is 3.53. The van der Waals surface area contributed by atoms with Gasteiger partial charge in [0, 0.05) is 42.8 Å². The van der Waals surface area contributed by atoms with E-state index in [2.05, 4.69) is 15.2 Å². The van der Waals surface area contributed by atoms with Crippen LogP contribution in [-0.4, -0.2) is 42.0 Å². The van der Waals surface area contributed by atoms with E-state index in [9.17, 15) is 4.79 Å². The number of nitrogens with one attached hydrogen (secondary N) is 1. The molecule has 1 saturated heterocycles. The smallest absolute Gasteiger partial charge is 0.225 e. The van der Waals surface area contributed by atoms with E-state index in [1.165, 1.54) is 0 Å². The Morgan fingerprint density at radius 2 is 2.39 bits per heavy atom. The summed E-state index contributed by atoms with van der Waals surface area (Å²) >= 11 is 1.63. The molecule has 1 amide bonds. The zero-order chi connectivity index (χ0) is 16.1. The van der Waals surface area contributed by atoms with Gasteiger partial charge in [0.15, 0.2) is 0 Å². The average Bonchev–Trinajstić information content (AvgIpc) is 3.20. The Kier molecular flexibility index (Phi) is 5.25. The summed E-state index contributed by atoms with van der Waals surface area (Å²) in [6.07, 6.45) is 3.33. The number of amides is 1. The van der Waals surface area contributed by atoms with Crippen LogP contribution in [0, 0.1) is 0 Å². The van der Waals surface area contributed by atoms with Gasteiger partial charge in [-0.1, -0.05) is 12.1 Å². The molecule has 0 bridgehead atoms. The summed E-state index contributed by atoms with van der Waals surface area (Å²) in [5, 5.41) is 5.14. The predicted molar refractivity (Wildman–Crippen MR) is 90.6 cm³/mol. The molecule has 2 aromatic heterocycles. The molecule has 122 valence electrons. The molecular formula is C17H21N3O2S. The van der Waals surface area contributed by atoms with Crippen LogP contribution in [0.25, 0.3) is 0 Å². The lowest BCUT2D eigenvalue weighted by atomic mass is 10.2. The van der Waals surface area contributed by atoms with E-state index in [1.54, 1.807) is 18.4 Å². The fraction of sp³-hybridized carbons (Fsp3) is 0.412. The van der Waals surface area contributed by atoms with Gasteiger partial charge >= 0.3 is 0 Å². The van der Waals surface area contributed by atoms with Crippen LogP contribution in [0.4, 0.5) is 0 Å². The summed E-state index contributed by atoms with van der Waals surface area (Å²) in [7, 11) is 1.62. The molecule has 3 rings (SSSR count). The number of ether oxygens (including phenoxy) is 1. The molecule has 23 heavy (non-hydrogen) atoms. The molecule has 0 unspecified atom stereocenters. The third-order valence-electron chi connectivity index (χ3n) is 3.97. The highest BCUT2D eigenvalue weighted by Gasteiger charge is 2.23. The Bertz CT molecular complexity index is 628. The number of likely N-dealkylation sites (tertiary alicyclic amines) is 1. The Balaban J connectivity index is 1.45. The van der Waals surface area contributed by atoms with Crippen LogP contribution in [0.3, 0.4) is 0 Å². The lowest BCUT2D eigenvalue weighted by Crippen LogP contribution is -2.37. The number of pyridine rings is 1. The summed E-state index contributed by atoms with van der Waals surface area (Å²) in [6.45, 7) is 2.74. The maximum Gasteiger partial charge on any atom is 0.225 e. The normalized spacial score (nSPS) is 18.0. The summed E-state index contributed by atoms with van der Waals surface area (Å²) < 4.78 is 5.07. The maximum absolute atomic E-state index is 12.1. The molecule has 2 aromatic rings. The summed E-state index contributed by atoms with van der Waals surface area (Å²) in [4.78, 5) is 19.7. The monoisotopic (exact) mass is 331 g/mol. The van der Waals surface area contributed by atoms with Crippen molar-refractivity contribution in [1.82, 2.24) is 15.2 Å². The third kappa shape index (κ3) is 4.53. The summed E-state index contributed by atoms with van der Waals surface area (Å²) in [6, 6.07) is 8.14. The number of thiophene rings is 1.